The Bertz CT molecular complexity index is 1510. The number of hydrogen-bond donors (Lipinski definition) is 2. The van der Waals surface area contributed by atoms with E-state index in [9.17, 15) is 4.79 Å². The summed E-state index contributed by atoms with van der Waals surface area (Å²) >= 11 is 10.5. The van der Waals surface area contributed by atoms with Gasteiger partial charge in [0.15, 0.2) is 11.0 Å². The molecule has 2 aromatic heterocycles. The van der Waals surface area contributed by atoms with E-state index >= 15 is 0 Å². The van der Waals surface area contributed by atoms with Crippen molar-refractivity contribution in [3.05, 3.63) is 69.6 Å². The number of rotatable bonds is 9. The Morgan fingerprint density at radius 1 is 1.19 bits per heavy atom. The third-order valence-electron chi connectivity index (χ3n) is 6.35. The van der Waals surface area contributed by atoms with Crippen molar-refractivity contribution in [2.24, 2.45) is 0 Å². The van der Waals surface area contributed by atoms with E-state index in [4.69, 9.17) is 16.0 Å². The fourth-order valence-corrected chi connectivity index (χ4v) is 5.61. The summed E-state index contributed by atoms with van der Waals surface area (Å²) < 4.78 is 8.58. The number of H-pyrrole nitrogens is 1. The lowest BCUT2D eigenvalue weighted by molar-refractivity contribution is -0.119. The molecule has 1 aliphatic carbocycles. The highest BCUT2D eigenvalue weighted by Crippen LogP contribution is 2.48. The standard InChI is InChI=1S/C26H25BrClN7O2/c1-3-4-9-22-30-25(28)21(12-29-15(2)36)35(22)13-19-16-10-11-37-14-20(16)24(27)23(19)17-7-5-6-8-18(17)26-31-33-34-32-26/h5-8,10-11,14H,3-4,9,12-13H2,1-2H3,(H,29,36)(H,31,32,33,34). The van der Waals surface area contributed by atoms with Gasteiger partial charge in [-0.2, -0.15) is 0 Å². The van der Waals surface area contributed by atoms with Gasteiger partial charge in [0.25, 0.3) is 0 Å². The minimum absolute atomic E-state index is 0.127. The van der Waals surface area contributed by atoms with Crippen LogP contribution in [0.25, 0.3) is 33.6 Å². The highest BCUT2D eigenvalue weighted by Gasteiger charge is 2.27. The minimum Gasteiger partial charge on any atom is -0.472 e. The predicted octanol–water partition coefficient (Wildman–Crippen LogP) is 5.87. The first-order valence-electron chi connectivity index (χ1n) is 12.0. The molecule has 3 heterocycles. The van der Waals surface area contributed by atoms with E-state index in [0.29, 0.717) is 17.5 Å². The van der Waals surface area contributed by atoms with Crippen LogP contribution < -0.4 is 5.32 Å². The van der Waals surface area contributed by atoms with E-state index in [1.54, 1.807) is 12.5 Å². The highest BCUT2D eigenvalue weighted by molar-refractivity contribution is 9.10. The number of carbonyl (C=O) groups excluding carboxylic acids is 1. The maximum atomic E-state index is 11.7. The second-order valence-electron chi connectivity index (χ2n) is 8.71. The average Bonchev–Trinajstić information content (AvgIpc) is 3.60. The van der Waals surface area contributed by atoms with Crippen molar-refractivity contribution < 1.29 is 9.21 Å². The molecule has 3 aromatic rings. The maximum Gasteiger partial charge on any atom is 0.217 e. The monoisotopic (exact) mass is 581 g/mol. The van der Waals surface area contributed by atoms with E-state index in [0.717, 1.165) is 68.6 Å². The quantitative estimate of drug-likeness (QED) is 0.225. The van der Waals surface area contributed by atoms with Gasteiger partial charge in [0.05, 0.1) is 31.3 Å². The molecule has 2 N–H and O–H groups in total. The highest BCUT2D eigenvalue weighted by atomic mass is 79.9. The smallest absolute Gasteiger partial charge is 0.217 e. The second kappa shape index (κ2) is 10.9. The number of tetrazole rings is 1. The SMILES string of the molecule is CCCCc1nc(Cl)c(CNC(C)=O)n1Cc1c2ccocc-2c(Br)c1-c1ccccc1-c1nnn[nH]1. The van der Waals surface area contributed by atoms with Crippen molar-refractivity contribution in [3.8, 4) is 33.6 Å². The molecule has 0 saturated carbocycles. The van der Waals surface area contributed by atoms with E-state index < -0.39 is 0 Å². The summed E-state index contributed by atoms with van der Waals surface area (Å²) in [4.78, 5) is 16.4. The van der Waals surface area contributed by atoms with Crippen LogP contribution in [0, 0.1) is 0 Å². The first-order valence-corrected chi connectivity index (χ1v) is 13.1. The Balaban J connectivity index is 1.71. The molecule has 0 radical (unpaired) electrons. The van der Waals surface area contributed by atoms with Crippen LogP contribution in [0.5, 0.6) is 0 Å². The van der Waals surface area contributed by atoms with Gasteiger partial charge >= 0.3 is 0 Å². The molecule has 1 aliphatic heterocycles. The summed E-state index contributed by atoms with van der Waals surface area (Å²) in [5.74, 6) is 1.33. The number of carbonyl (C=O) groups is 1. The molecule has 5 rings (SSSR count). The Morgan fingerprint density at radius 2 is 2.00 bits per heavy atom. The molecule has 0 fully saturated rings. The Morgan fingerprint density at radius 3 is 2.73 bits per heavy atom. The molecule has 0 spiro atoms. The molecular weight excluding hydrogens is 558 g/mol. The van der Waals surface area contributed by atoms with Gasteiger partial charge in [0.1, 0.15) is 5.82 Å². The molecule has 1 amide bonds. The summed E-state index contributed by atoms with van der Waals surface area (Å²) in [6, 6.07) is 9.95. The molecule has 190 valence electrons. The number of unbranched alkanes of at least 4 members (excludes halogenated alkanes) is 1. The van der Waals surface area contributed by atoms with Gasteiger partial charge in [-0.1, -0.05) is 49.2 Å². The molecule has 0 unspecified atom stereocenters. The van der Waals surface area contributed by atoms with Crippen LogP contribution in [0.3, 0.4) is 0 Å². The predicted molar refractivity (Wildman–Crippen MR) is 144 cm³/mol. The van der Waals surface area contributed by atoms with Gasteiger partial charge in [-0.25, -0.2) is 10.1 Å². The molecule has 2 aliphatic rings. The number of aromatic amines is 1. The van der Waals surface area contributed by atoms with Crippen LogP contribution in [0.4, 0.5) is 0 Å². The number of benzene rings is 1. The number of aromatic nitrogens is 6. The Labute approximate surface area is 227 Å². The van der Waals surface area contributed by atoms with E-state index in [2.05, 4.69) is 64.4 Å². The number of halogens is 2. The lowest BCUT2D eigenvalue weighted by atomic mass is 9.97. The zero-order valence-corrected chi connectivity index (χ0v) is 22.7. The summed E-state index contributed by atoms with van der Waals surface area (Å²) in [7, 11) is 0. The van der Waals surface area contributed by atoms with Crippen molar-refractivity contribution in [1.29, 1.82) is 0 Å². The molecule has 0 saturated heterocycles. The summed E-state index contributed by atoms with van der Waals surface area (Å²) in [5, 5.41) is 17.9. The zero-order valence-electron chi connectivity index (χ0n) is 20.4. The van der Waals surface area contributed by atoms with Crippen LogP contribution in [-0.4, -0.2) is 36.1 Å². The molecule has 9 nitrogen and oxygen atoms in total. The van der Waals surface area contributed by atoms with Crippen molar-refractivity contribution in [2.75, 3.05) is 0 Å². The second-order valence-corrected chi connectivity index (χ2v) is 9.86. The number of nitrogens with zero attached hydrogens (tertiary/aromatic N) is 5. The van der Waals surface area contributed by atoms with Crippen LogP contribution in [-0.2, 0) is 24.3 Å². The van der Waals surface area contributed by atoms with E-state index in [1.165, 1.54) is 6.92 Å². The van der Waals surface area contributed by atoms with E-state index in [-0.39, 0.29) is 12.5 Å². The van der Waals surface area contributed by atoms with Gasteiger partial charge in [-0.15, -0.1) is 5.10 Å². The average molecular weight is 583 g/mol. The summed E-state index contributed by atoms with van der Waals surface area (Å²) in [6.07, 6.45) is 6.20. The summed E-state index contributed by atoms with van der Waals surface area (Å²) in [5.41, 5.74) is 6.65. The van der Waals surface area contributed by atoms with Crippen molar-refractivity contribution in [2.45, 2.75) is 46.2 Å². The zero-order chi connectivity index (χ0) is 25.9. The Kier molecular flexibility index (Phi) is 7.38. The van der Waals surface area contributed by atoms with Crippen LogP contribution in [0.2, 0.25) is 5.15 Å². The molecule has 1 aromatic carbocycles. The van der Waals surface area contributed by atoms with Crippen molar-refractivity contribution >= 4 is 33.4 Å². The van der Waals surface area contributed by atoms with Crippen LogP contribution in [0.1, 0.15) is 43.8 Å². The molecule has 11 heteroatoms. The third-order valence-corrected chi connectivity index (χ3v) is 7.47. The van der Waals surface area contributed by atoms with E-state index in [1.807, 2.05) is 24.3 Å². The minimum atomic E-state index is -0.127. The first-order chi connectivity index (χ1) is 18.0. The van der Waals surface area contributed by atoms with Crippen LogP contribution >= 0.6 is 27.5 Å². The fraction of sp³-hybridized carbons (Fsp3) is 0.269. The molecule has 37 heavy (non-hydrogen) atoms. The first kappa shape index (κ1) is 25.2. The van der Waals surface area contributed by atoms with Gasteiger partial charge in [-0.05, 0) is 55.5 Å². The van der Waals surface area contributed by atoms with Crippen molar-refractivity contribution in [3.63, 3.8) is 0 Å². The normalized spacial score (nSPS) is 11.4. The van der Waals surface area contributed by atoms with Crippen molar-refractivity contribution in [1.82, 2.24) is 35.5 Å². The van der Waals surface area contributed by atoms with Gasteiger partial charge in [-0.3, -0.25) is 4.79 Å². The summed E-state index contributed by atoms with van der Waals surface area (Å²) in [6.45, 7) is 4.42. The fourth-order valence-electron chi connectivity index (χ4n) is 4.58. The Hall–Kier alpha value is -3.50. The number of fused-ring (bicyclic) bond motifs is 1. The number of imidazole rings is 1. The lowest BCUT2D eigenvalue weighted by Crippen LogP contribution is -2.22. The lowest BCUT2D eigenvalue weighted by Gasteiger charge is -2.16. The van der Waals surface area contributed by atoms with Gasteiger partial charge < -0.3 is 14.3 Å². The van der Waals surface area contributed by atoms with Crippen LogP contribution in [0.15, 0.2) is 51.7 Å². The topological polar surface area (TPSA) is 115 Å². The number of aryl methyl sites for hydroxylation is 1. The largest absolute Gasteiger partial charge is 0.472 e. The third kappa shape index (κ3) is 4.91. The maximum absolute atomic E-state index is 11.7. The number of nitrogens with one attached hydrogen (secondary N) is 2. The molecule has 0 bridgehead atoms. The molecule has 0 atom stereocenters. The molecular formula is C26H25BrClN7O2. The number of hydrogen-bond acceptors (Lipinski definition) is 6. The number of amides is 1. The van der Waals surface area contributed by atoms with Gasteiger partial charge in [0.2, 0.25) is 5.91 Å². The van der Waals surface area contributed by atoms with Gasteiger partial charge in [0, 0.05) is 34.5 Å².